The lowest BCUT2D eigenvalue weighted by molar-refractivity contribution is -0.149. The second-order valence-corrected chi connectivity index (χ2v) is 4.24. The second kappa shape index (κ2) is 5.70. The molecule has 1 aliphatic rings. The number of carbonyl (C=O) groups is 1. The van der Waals surface area contributed by atoms with Crippen LogP contribution in [0.2, 0.25) is 0 Å². The normalized spacial score (nSPS) is 24.3. The minimum Gasteiger partial charge on any atom is -0.466 e. The van der Waals surface area contributed by atoms with Crippen molar-refractivity contribution in [3.8, 4) is 6.01 Å². The Labute approximate surface area is 101 Å². The average Bonchev–Trinajstić information content (AvgIpc) is 2.83. The summed E-state index contributed by atoms with van der Waals surface area (Å²) >= 11 is 0. The molecule has 17 heavy (non-hydrogen) atoms. The highest BCUT2D eigenvalue weighted by atomic mass is 16.5. The van der Waals surface area contributed by atoms with E-state index in [0.29, 0.717) is 12.6 Å². The fraction of sp³-hybridized carbons (Fsp3) is 0.667. The highest BCUT2D eigenvalue weighted by Gasteiger charge is 2.28. The minimum absolute atomic E-state index is 0.0476. The summed E-state index contributed by atoms with van der Waals surface area (Å²) in [5.41, 5.74) is 0. The predicted octanol–water partition coefficient (Wildman–Crippen LogP) is 1.91. The number of esters is 1. The Kier molecular flexibility index (Phi) is 4.01. The molecule has 0 aromatic carbocycles. The van der Waals surface area contributed by atoms with E-state index in [4.69, 9.17) is 9.47 Å². The molecule has 0 aliphatic heterocycles. The van der Waals surface area contributed by atoms with Gasteiger partial charge >= 0.3 is 5.97 Å². The van der Waals surface area contributed by atoms with Gasteiger partial charge in [0, 0.05) is 12.4 Å². The molecule has 1 aromatic rings. The Morgan fingerprint density at radius 2 is 2.24 bits per heavy atom. The van der Waals surface area contributed by atoms with Crippen LogP contribution in [0.5, 0.6) is 6.01 Å². The molecule has 0 radical (unpaired) electrons. The molecule has 0 atom stereocenters. The Morgan fingerprint density at radius 3 is 2.82 bits per heavy atom. The van der Waals surface area contributed by atoms with Gasteiger partial charge in [0.2, 0.25) is 0 Å². The first-order chi connectivity index (χ1) is 8.29. The highest BCUT2D eigenvalue weighted by Crippen LogP contribution is 2.27. The van der Waals surface area contributed by atoms with Crippen molar-refractivity contribution < 1.29 is 14.3 Å². The van der Waals surface area contributed by atoms with Crippen molar-refractivity contribution in [3.05, 3.63) is 12.4 Å². The fourth-order valence-electron chi connectivity index (χ4n) is 2.15. The monoisotopic (exact) mass is 238 g/mol. The molecule has 0 unspecified atom stereocenters. The molecule has 0 amide bonds. The molecular formula is C12H18N2O3. The number of aromatic amines is 1. The van der Waals surface area contributed by atoms with Crippen LogP contribution in [0.25, 0.3) is 0 Å². The first-order valence-corrected chi connectivity index (χ1v) is 6.12. The number of carbonyl (C=O) groups excluding carboxylic acids is 1. The van der Waals surface area contributed by atoms with E-state index in [1.807, 2.05) is 6.92 Å². The minimum atomic E-state index is -0.0658. The van der Waals surface area contributed by atoms with Crippen LogP contribution in [0.3, 0.4) is 0 Å². The van der Waals surface area contributed by atoms with E-state index in [9.17, 15) is 4.79 Å². The maximum atomic E-state index is 11.5. The van der Waals surface area contributed by atoms with Gasteiger partial charge in [-0.2, -0.15) is 0 Å². The Balaban J connectivity index is 1.76. The van der Waals surface area contributed by atoms with Gasteiger partial charge in [-0.05, 0) is 32.6 Å². The summed E-state index contributed by atoms with van der Waals surface area (Å²) in [5, 5.41) is 0. The molecule has 1 aromatic heterocycles. The predicted molar refractivity (Wildman–Crippen MR) is 61.6 cm³/mol. The molecule has 2 rings (SSSR count). The van der Waals surface area contributed by atoms with Crippen molar-refractivity contribution in [1.29, 1.82) is 0 Å². The Hall–Kier alpha value is -1.52. The smallest absolute Gasteiger partial charge is 0.308 e. The lowest BCUT2D eigenvalue weighted by Gasteiger charge is -2.26. The molecule has 94 valence electrons. The van der Waals surface area contributed by atoms with Crippen molar-refractivity contribution in [3.63, 3.8) is 0 Å². The van der Waals surface area contributed by atoms with E-state index >= 15 is 0 Å². The third kappa shape index (κ3) is 3.22. The van der Waals surface area contributed by atoms with Gasteiger partial charge in [0.1, 0.15) is 6.10 Å². The van der Waals surface area contributed by atoms with Crippen molar-refractivity contribution in [2.75, 3.05) is 6.61 Å². The number of rotatable bonds is 4. The van der Waals surface area contributed by atoms with Gasteiger partial charge in [0.15, 0.2) is 0 Å². The lowest BCUT2D eigenvalue weighted by Crippen LogP contribution is -2.29. The molecule has 1 saturated carbocycles. The molecule has 0 saturated heterocycles. The summed E-state index contributed by atoms with van der Waals surface area (Å²) in [6.45, 7) is 2.30. The van der Waals surface area contributed by atoms with Gasteiger partial charge in [0.25, 0.3) is 6.01 Å². The van der Waals surface area contributed by atoms with Crippen molar-refractivity contribution in [1.82, 2.24) is 9.97 Å². The van der Waals surface area contributed by atoms with E-state index in [-0.39, 0.29) is 18.0 Å². The van der Waals surface area contributed by atoms with E-state index in [2.05, 4.69) is 9.97 Å². The molecule has 1 fully saturated rings. The van der Waals surface area contributed by atoms with Crippen LogP contribution in [0.1, 0.15) is 32.6 Å². The van der Waals surface area contributed by atoms with Gasteiger partial charge in [-0.25, -0.2) is 4.98 Å². The number of hydrogen-bond acceptors (Lipinski definition) is 4. The van der Waals surface area contributed by atoms with Crippen LogP contribution in [0.15, 0.2) is 12.4 Å². The van der Waals surface area contributed by atoms with Crippen molar-refractivity contribution in [2.45, 2.75) is 38.7 Å². The standard InChI is InChI=1S/C12H18N2O3/c1-2-16-11(15)9-3-5-10(6-4-9)17-12-13-7-8-14-12/h7-10H,2-6H2,1H3,(H,13,14). The molecule has 0 spiro atoms. The number of hydrogen-bond donors (Lipinski definition) is 1. The number of ether oxygens (including phenoxy) is 2. The van der Waals surface area contributed by atoms with Crippen LogP contribution < -0.4 is 4.74 Å². The number of aromatic nitrogens is 2. The summed E-state index contributed by atoms with van der Waals surface area (Å²) in [6, 6.07) is 0.560. The highest BCUT2D eigenvalue weighted by molar-refractivity contribution is 5.72. The van der Waals surface area contributed by atoms with Gasteiger partial charge in [-0.1, -0.05) is 0 Å². The zero-order chi connectivity index (χ0) is 12.1. The lowest BCUT2D eigenvalue weighted by atomic mass is 9.87. The van der Waals surface area contributed by atoms with Crippen LogP contribution in [0.4, 0.5) is 0 Å². The van der Waals surface area contributed by atoms with Gasteiger partial charge < -0.3 is 14.5 Å². The fourth-order valence-corrected chi connectivity index (χ4v) is 2.15. The van der Waals surface area contributed by atoms with Crippen LogP contribution in [-0.2, 0) is 9.53 Å². The van der Waals surface area contributed by atoms with E-state index in [0.717, 1.165) is 25.7 Å². The summed E-state index contributed by atoms with van der Waals surface area (Å²) in [5.74, 6) is -0.0182. The molecule has 1 N–H and O–H groups in total. The average molecular weight is 238 g/mol. The zero-order valence-corrected chi connectivity index (χ0v) is 10.0. The topological polar surface area (TPSA) is 64.2 Å². The van der Waals surface area contributed by atoms with Gasteiger partial charge in [0.05, 0.1) is 12.5 Å². The zero-order valence-electron chi connectivity index (χ0n) is 10.0. The summed E-state index contributed by atoms with van der Waals surface area (Å²) in [7, 11) is 0. The van der Waals surface area contributed by atoms with Crippen molar-refractivity contribution in [2.24, 2.45) is 5.92 Å². The maximum Gasteiger partial charge on any atom is 0.308 e. The summed E-state index contributed by atoms with van der Waals surface area (Å²) < 4.78 is 10.7. The first kappa shape index (κ1) is 12.0. The second-order valence-electron chi connectivity index (χ2n) is 4.24. The number of nitrogens with one attached hydrogen (secondary N) is 1. The van der Waals surface area contributed by atoms with E-state index in [1.54, 1.807) is 12.4 Å². The van der Waals surface area contributed by atoms with E-state index < -0.39 is 0 Å². The maximum absolute atomic E-state index is 11.5. The summed E-state index contributed by atoms with van der Waals surface area (Å²) in [4.78, 5) is 18.5. The summed E-state index contributed by atoms with van der Waals surface area (Å²) in [6.07, 6.45) is 6.99. The molecule has 5 heteroatoms. The number of H-pyrrole nitrogens is 1. The quantitative estimate of drug-likeness (QED) is 0.814. The molecule has 0 bridgehead atoms. The Bertz CT molecular complexity index is 343. The number of nitrogens with zero attached hydrogens (tertiary/aromatic N) is 1. The Morgan fingerprint density at radius 1 is 1.47 bits per heavy atom. The van der Waals surface area contributed by atoms with Crippen LogP contribution in [0, 0.1) is 5.92 Å². The van der Waals surface area contributed by atoms with Crippen LogP contribution >= 0.6 is 0 Å². The van der Waals surface area contributed by atoms with E-state index in [1.165, 1.54) is 0 Å². The molecular weight excluding hydrogens is 220 g/mol. The molecule has 1 heterocycles. The van der Waals surface area contributed by atoms with Crippen LogP contribution in [-0.4, -0.2) is 28.6 Å². The SMILES string of the molecule is CCOC(=O)C1CCC(Oc2ncc[nH]2)CC1. The van der Waals surface area contributed by atoms with Gasteiger partial charge in [-0.15, -0.1) is 0 Å². The molecule has 1 aliphatic carbocycles. The van der Waals surface area contributed by atoms with Gasteiger partial charge in [-0.3, -0.25) is 4.79 Å². The third-order valence-corrected chi connectivity index (χ3v) is 3.05. The first-order valence-electron chi connectivity index (χ1n) is 6.12. The third-order valence-electron chi connectivity index (χ3n) is 3.05. The number of imidazole rings is 1. The molecule has 5 nitrogen and oxygen atoms in total. The largest absolute Gasteiger partial charge is 0.466 e. The van der Waals surface area contributed by atoms with Crippen molar-refractivity contribution >= 4 is 5.97 Å².